The lowest BCUT2D eigenvalue weighted by Crippen LogP contribution is -2.43. The van der Waals surface area contributed by atoms with E-state index in [1.807, 2.05) is 12.1 Å². The predicted molar refractivity (Wildman–Crippen MR) is 120 cm³/mol. The summed E-state index contributed by atoms with van der Waals surface area (Å²) in [6.45, 7) is 5.56. The van der Waals surface area contributed by atoms with Crippen LogP contribution in [0.3, 0.4) is 0 Å². The molecule has 2 saturated heterocycles. The summed E-state index contributed by atoms with van der Waals surface area (Å²) in [5, 5.41) is 5.69. The molecule has 0 radical (unpaired) electrons. The highest BCUT2D eigenvalue weighted by atomic mass is 127. The lowest BCUT2D eigenvalue weighted by atomic mass is 9.80. The van der Waals surface area contributed by atoms with Crippen LogP contribution < -0.4 is 5.32 Å². The molecule has 2 fully saturated rings. The Morgan fingerprint density at radius 2 is 2.11 bits per heavy atom. The lowest BCUT2D eigenvalue weighted by molar-refractivity contribution is 0.0217. The number of ether oxygens (including phenoxy) is 1. The van der Waals surface area contributed by atoms with Gasteiger partial charge in [-0.2, -0.15) is 0 Å². The first-order valence-electron chi connectivity index (χ1n) is 9.49. The number of nitrogens with one attached hydrogen (secondary N) is 1. The van der Waals surface area contributed by atoms with Crippen LogP contribution >= 0.6 is 35.3 Å². The van der Waals surface area contributed by atoms with E-state index in [1.54, 1.807) is 17.6 Å². The van der Waals surface area contributed by atoms with E-state index < -0.39 is 0 Å². The van der Waals surface area contributed by atoms with E-state index in [0.717, 1.165) is 57.5 Å². The van der Waals surface area contributed by atoms with Gasteiger partial charge in [0.2, 0.25) is 0 Å². The number of guanidine groups is 1. The van der Waals surface area contributed by atoms with Crippen molar-refractivity contribution < 1.29 is 9.15 Å². The summed E-state index contributed by atoms with van der Waals surface area (Å²) in [6.07, 6.45) is 6.20. The minimum Gasteiger partial charge on any atom is -0.469 e. The van der Waals surface area contributed by atoms with Crippen LogP contribution in [0.4, 0.5) is 0 Å². The molecule has 5 nitrogen and oxygen atoms in total. The standard InChI is InChI=1S/C20H27N3O2S.HI/c1-3-17(25-11-1)5-9-21-19(22-15-18-4-2-14-26-18)23-10-6-20(16-23)7-12-24-13-8-20;/h1-4,11,14H,5-10,12-13,15-16H2,(H,21,22);1H. The molecule has 0 aliphatic carbocycles. The predicted octanol–water partition coefficient (Wildman–Crippen LogP) is 4.15. The van der Waals surface area contributed by atoms with Crippen molar-refractivity contribution in [2.75, 3.05) is 32.8 Å². The van der Waals surface area contributed by atoms with Crippen molar-refractivity contribution in [2.24, 2.45) is 10.4 Å². The highest BCUT2D eigenvalue weighted by molar-refractivity contribution is 14.0. The van der Waals surface area contributed by atoms with Crippen LogP contribution in [-0.2, 0) is 17.7 Å². The summed E-state index contributed by atoms with van der Waals surface area (Å²) in [7, 11) is 0. The summed E-state index contributed by atoms with van der Waals surface area (Å²) in [4.78, 5) is 8.67. The maximum Gasteiger partial charge on any atom is 0.194 e. The Bertz CT molecular complexity index is 697. The molecule has 4 rings (SSSR count). The van der Waals surface area contributed by atoms with Crippen LogP contribution in [0.1, 0.15) is 29.9 Å². The number of halogens is 1. The van der Waals surface area contributed by atoms with Gasteiger partial charge in [-0.1, -0.05) is 6.07 Å². The van der Waals surface area contributed by atoms with Gasteiger partial charge in [-0.3, -0.25) is 0 Å². The zero-order valence-electron chi connectivity index (χ0n) is 15.6. The van der Waals surface area contributed by atoms with Gasteiger partial charge in [-0.05, 0) is 48.3 Å². The highest BCUT2D eigenvalue weighted by Gasteiger charge is 2.40. The second kappa shape index (κ2) is 9.93. The van der Waals surface area contributed by atoms with Crippen molar-refractivity contribution in [3.05, 3.63) is 46.5 Å². The Morgan fingerprint density at radius 3 is 2.85 bits per heavy atom. The molecule has 0 unspecified atom stereocenters. The molecule has 2 aromatic heterocycles. The first kappa shape index (κ1) is 20.7. The molecule has 4 heterocycles. The van der Waals surface area contributed by atoms with E-state index >= 15 is 0 Å². The van der Waals surface area contributed by atoms with E-state index in [9.17, 15) is 0 Å². The maximum absolute atomic E-state index is 5.58. The van der Waals surface area contributed by atoms with E-state index in [2.05, 4.69) is 27.7 Å². The third-order valence-corrected chi connectivity index (χ3v) is 6.35. The summed E-state index contributed by atoms with van der Waals surface area (Å²) in [5.41, 5.74) is 0.421. The van der Waals surface area contributed by atoms with Gasteiger partial charge in [0.05, 0.1) is 12.8 Å². The van der Waals surface area contributed by atoms with Gasteiger partial charge in [0, 0.05) is 44.1 Å². The highest BCUT2D eigenvalue weighted by Crippen LogP contribution is 2.39. The molecule has 0 amide bonds. The molecule has 2 aliphatic rings. The second-order valence-corrected chi connectivity index (χ2v) is 8.29. The van der Waals surface area contributed by atoms with Crippen molar-refractivity contribution in [2.45, 2.75) is 32.2 Å². The lowest BCUT2D eigenvalue weighted by Gasteiger charge is -2.33. The van der Waals surface area contributed by atoms with Crippen molar-refractivity contribution in [1.82, 2.24) is 10.2 Å². The van der Waals surface area contributed by atoms with Gasteiger partial charge in [0.1, 0.15) is 5.76 Å². The van der Waals surface area contributed by atoms with E-state index in [-0.39, 0.29) is 24.0 Å². The Balaban J connectivity index is 0.00000210. The molecule has 148 valence electrons. The fourth-order valence-corrected chi connectivity index (χ4v) is 4.53. The molecule has 2 aromatic rings. The zero-order valence-corrected chi connectivity index (χ0v) is 18.7. The Hall–Kier alpha value is -1.06. The Kier molecular flexibility index (Phi) is 7.60. The quantitative estimate of drug-likeness (QED) is 0.380. The molecular weight excluding hydrogens is 473 g/mol. The monoisotopic (exact) mass is 501 g/mol. The molecule has 0 atom stereocenters. The Morgan fingerprint density at radius 1 is 1.22 bits per heavy atom. The third-order valence-electron chi connectivity index (χ3n) is 5.49. The number of thiophene rings is 1. The van der Waals surface area contributed by atoms with E-state index in [0.29, 0.717) is 5.41 Å². The van der Waals surface area contributed by atoms with Gasteiger partial charge in [0.25, 0.3) is 0 Å². The topological polar surface area (TPSA) is 50.0 Å². The fourth-order valence-electron chi connectivity index (χ4n) is 3.90. The maximum atomic E-state index is 5.58. The van der Waals surface area contributed by atoms with Crippen LogP contribution in [0.5, 0.6) is 0 Å². The fraction of sp³-hybridized carbons (Fsp3) is 0.550. The summed E-state index contributed by atoms with van der Waals surface area (Å²) < 4.78 is 11.0. The van der Waals surface area contributed by atoms with Gasteiger partial charge in [-0.15, -0.1) is 35.3 Å². The summed E-state index contributed by atoms with van der Waals surface area (Å²) in [6, 6.07) is 8.21. The number of likely N-dealkylation sites (tertiary alicyclic amines) is 1. The normalized spacial score (nSPS) is 19.3. The third kappa shape index (κ3) is 5.48. The van der Waals surface area contributed by atoms with Crippen molar-refractivity contribution in [3.8, 4) is 0 Å². The number of aliphatic imine (C=N–C) groups is 1. The van der Waals surface area contributed by atoms with Crippen LogP contribution in [0.15, 0.2) is 45.3 Å². The van der Waals surface area contributed by atoms with Gasteiger partial charge in [-0.25, -0.2) is 4.99 Å². The van der Waals surface area contributed by atoms with E-state index in [4.69, 9.17) is 14.1 Å². The summed E-state index contributed by atoms with van der Waals surface area (Å²) in [5.74, 6) is 2.05. The van der Waals surface area contributed by atoms with Crippen molar-refractivity contribution >= 4 is 41.3 Å². The molecule has 0 aromatic carbocycles. The van der Waals surface area contributed by atoms with Gasteiger partial charge >= 0.3 is 0 Å². The van der Waals surface area contributed by atoms with Crippen LogP contribution in [-0.4, -0.2) is 43.7 Å². The van der Waals surface area contributed by atoms with E-state index in [1.165, 1.54) is 24.1 Å². The minimum atomic E-state index is 0. The number of rotatable bonds is 5. The molecule has 1 N–H and O–H groups in total. The molecule has 2 aliphatic heterocycles. The zero-order chi connectivity index (χ0) is 17.7. The SMILES string of the molecule is I.c1coc(CCNC(=NCc2cccs2)N2CCC3(CCOCC3)C2)c1. The number of hydrogen-bond acceptors (Lipinski definition) is 4. The second-order valence-electron chi connectivity index (χ2n) is 7.26. The molecule has 27 heavy (non-hydrogen) atoms. The molecular formula is C20H28IN3O2S. The Labute approximate surface area is 182 Å². The number of hydrogen-bond donors (Lipinski definition) is 1. The van der Waals surface area contributed by atoms with Crippen LogP contribution in [0, 0.1) is 5.41 Å². The average molecular weight is 501 g/mol. The smallest absolute Gasteiger partial charge is 0.194 e. The molecule has 0 saturated carbocycles. The van der Waals surface area contributed by atoms with Crippen molar-refractivity contribution in [1.29, 1.82) is 0 Å². The van der Waals surface area contributed by atoms with Gasteiger partial charge in [0.15, 0.2) is 5.96 Å². The average Bonchev–Trinajstić information content (AvgIpc) is 3.42. The molecule has 7 heteroatoms. The number of furan rings is 1. The van der Waals surface area contributed by atoms with Crippen LogP contribution in [0.2, 0.25) is 0 Å². The first-order valence-corrected chi connectivity index (χ1v) is 10.4. The molecule has 0 bridgehead atoms. The van der Waals surface area contributed by atoms with Crippen molar-refractivity contribution in [3.63, 3.8) is 0 Å². The first-order chi connectivity index (χ1) is 12.8. The summed E-state index contributed by atoms with van der Waals surface area (Å²) >= 11 is 1.77. The minimum absolute atomic E-state index is 0. The number of nitrogens with zero attached hydrogens (tertiary/aromatic N) is 2. The van der Waals surface area contributed by atoms with Crippen LogP contribution in [0.25, 0.3) is 0 Å². The van der Waals surface area contributed by atoms with Gasteiger partial charge < -0.3 is 19.4 Å². The molecule has 1 spiro atoms. The largest absolute Gasteiger partial charge is 0.469 e.